The molecule has 1 saturated heterocycles. The lowest BCUT2D eigenvalue weighted by atomic mass is 9.90. The summed E-state index contributed by atoms with van der Waals surface area (Å²) in [5.74, 6) is 5.84. The van der Waals surface area contributed by atoms with Gasteiger partial charge in [0.2, 0.25) is 0 Å². The van der Waals surface area contributed by atoms with E-state index in [0.717, 1.165) is 12.8 Å². The van der Waals surface area contributed by atoms with Crippen molar-refractivity contribution in [1.82, 2.24) is 10.3 Å². The van der Waals surface area contributed by atoms with Gasteiger partial charge < -0.3 is 0 Å². The van der Waals surface area contributed by atoms with E-state index in [2.05, 4.69) is 43.2 Å². The molecule has 108 valence electrons. The van der Waals surface area contributed by atoms with Gasteiger partial charge in [-0.25, -0.2) is 0 Å². The average molecular weight is 281 g/mol. The van der Waals surface area contributed by atoms with Crippen LogP contribution in [0.1, 0.15) is 43.4 Å². The molecular weight excluding hydrogens is 254 g/mol. The smallest absolute Gasteiger partial charge is 0.0437 e. The molecule has 0 amide bonds. The number of nitrogens with two attached hydrogens (primary N) is 1. The maximum atomic E-state index is 5.84. The van der Waals surface area contributed by atoms with Crippen LogP contribution >= 0.6 is 11.3 Å². The molecule has 3 nitrogen and oxygen atoms in total. The van der Waals surface area contributed by atoms with Crippen LogP contribution in [0, 0.1) is 0 Å². The third kappa shape index (κ3) is 3.37. The normalized spacial score (nSPS) is 18.9. The fourth-order valence-electron chi connectivity index (χ4n) is 2.95. The van der Waals surface area contributed by atoms with E-state index < -0.39 is 0 Å². The van der Waals surface area contributed by atoms with Crippen molar-refractivity contribution < 1.29 is 0 Å². The van der Waals surface area contributed by atoms with Gasteiger partial charge in [0.05, 0.1) is 0 Å². The summed E-state index contributed by atoms with van der Waals surface area (Å²) >= 11 is 1.92. The Balaban J connectivity index is 2.05. The number of hydrogen-bond donors (Lipinski definition) is 2. The SMILES string of the molecule is CCc1ccc(CC(NN)C(C)(C)N2CCCC2)s1. The Labute approximate surface area is 121 Å². The standard InChI is InChI=1S/C15H27N3S/c1-4-12-7-8-13(19-12)11-14(17-16)15(2,3)18-9-5-6-10-18/h7-8,14,17H,4-6,9-11,16H2,1-3H3. The average Bonchev–Trinajstić information content (AvgIpc) is 3.06. The maximum absolute atomic E-state index is 5.84. The van der Waals surface area contributed by atoms with Crippen molar-refractivity contribution in [3.05, 3.63) is 21.9 Å². The molecule has 0 aromatic carbocycles. The minimum absolute atomic E-state index is 0.113. The summed E-state index contributed by atoms with van der Waals surface area (Å²) in [4.78, 5) is 5.48. The summed E-state index contributed by atoms with van der Waals surface area (Å²) < 4.78 is 0. The van der Waals surface area contributed by atoms with Gasteiger partial charge >= 0.3 is 0 Å². The fourth-order valence-corrected chi connectivity index (χ4v) is 3.95. The molecule has 1 atom stereocenters. The van der Waals surface area contributed by atoms with Crippen LogP contribution in [-0.2, 0) is 12.8 Å². The van der Waals surface area contributed by atoms with E-state index in [1.54, 1.807) is 0 Å². The number of hydrazine groups is 1. The summed E-state index contributed by atoms with van der Waals surface area (Å²) in [5, 5.41) is 0. The molecule has 4 heteroatoms. The molecule has 0 spiro atoms. The first-order chi connectivity index (χ1) is 9.07. The Hall–Kier alpha value is -0.420. The minimum atomic E-state index is 0.113. The van der Waals surface area contributed by atoms with Crippen molar-refractivity contribution in [3.63, 3.8) is 0 Å². The predicted molar refractivity (Wildman–Crippen MR) is 83.4 cm³/mol. The Bertz CT molecular complexity index is 394. The molecule has 0 aliphatic carbocycles. The van der Waals surface area contributed by atoms with Crippen LogP contribution in [0.15, 0.2) is 12.1 Å². The van der Waals surface area contributed by atoms with Crippen molar-refractivity contribution in [2.75, 3.05) is 13.1 Å². The second kappa shape index (κ2) is 6.35. The Kier molecular flexibility index (Phi) is 5.01. The Morgan fingerprint density at radius 3 is 2.47 bits per heavy atom. The Morgan fingerprint density at radius 2 is 1.95 bits per heavy atom. The molecule has 1 fully saturated rings. The molecule has 3 N–H and O–H groups in total. The largest absolute Gasteiger partial charge is 0.297 e. The number of aryl methyl sites for hydroxylation is 1. The zero-order valence-electron chi connectivity index (χ0n) is 12.4. The molecule has 1 aliphatic rings. The highest BCUT2D eigenvalue weighted by atomic mass is 32.1. The molecule has 0 radical (unpaired) electrons. The second-order valence-electron chi connectivity index (χ2n) is 5.99. The lowest BCUT2D eigenvalue weighted by Crippen LogP contribution is -2.59. The highest BCUT2D eigenvalue weighted by molar-refractivity contribution is 7.11. The van der Waals surface area contributed by atoms with Gasteiger partial charge in [0.15, 0.2) is 0 Å². The van der Waals surface area contributed by atoms with Crippen LogP contribution in [0.25, 0.3) is 0 Å². The first kappa shape index (κ1) is 15.0. The predicted octanol–water partition coefficient (Wildman–Crippen LogP) is 2.56. The highest BCUT2D eigenvalue weighted by Crippen LogP contribution is 2.28. The number of nitrogens with one attached hydrogen (secondary N) is 1. The second-order valence-corrected chi connectivity index (χ2v) is 7.25. The van der Waals surface area contributed by atoms with Crippen molar-refractivity contribution >= 4 is 11.3 Å². The summed E-state index contributed by atoms with van der Waals surface area (Å²) in [6, 6.07) is 4.80. The third-order valence-corrected chi connectivity index (χ3v) is 5.70. The monoisotopic (exact) mass is 281 g/mol. The van der Waals surface area contributed by atoms with E-state index >= 15 is 0 Å². The summed E-state index contributed by atoms with van der Waals surface area (Å²) in [7, 11) is 0. The lowest BCUT2D eigenvalue weighted by molar-refractivity contribution is 0.107. The lowest BCUT2D eigenvalue weighted by Gasteiger charge is -2.41. The molecule has 2 rings (SSSR count). The number of hydrogen-bond acceptors (Lipinski definition) is 4. The van der Waals surface area contributed by atoms with Crippen molar-refractivity contribution in [1.29, 1.82) is 0 Å². The van der Waals surface area contributed by atoms with Gasteiger partial charge in [0.1, 0.15) is 0 Å². The highest BCUT2D eigenvalue weighted by Gasteiger charge is 2.36. The zero-order valence-corrected chi connectivity index (χ0v) is 13.2. The first-order valence-electron chi connectivity index (χ1n) is 7.36. The fraction of sp³-hybridized carbons (Fsp3) is 0.733. The van der Waals surface area contributed by atoms with E-state index in [0.29, 0.717) is 6.04 Å². The molecule has 1 aromatic rings. The number of nitrogens with zero attached hydrogens (tertiary/aromatic N) is 1. The molecule has 0 bridgehead atoms. The van der Waals surface area contributed by atoms with Crippen LogP contribution in [-0.4, -0.2) is 29.6 Å². The van der Waals surface area contributed by atoms with Crippen molar-refractivity contribution in [2.24, 2.45) is 5.84 Å². The Morgan fingerprint density at radius 1 is 1.32 bits per heavy atom. The first-order valence-corrected chi connectivity index (χ1v) is 8.18. The zero-order chi connectivity index (χ0) is 13.9. The summed E-state index contributed by atoms with van der Waals surface area (Å²) in [5.41, 5.74) is 3.17. The summed E-state index contributed by atoms with van der Waals surface area (Å²) in [6.07, 6.45) is 4.78. The molecule has 19 heavy (non-hydrogen) atoms. The third-order valence-electron chi connectivity index (χ3n) is 4.45. The molecule has 2 heterocycles. The summed E-state index contributed by atoms with van der Waals surface area (Å²) in [6.45, 7) is 9.25. The van der Waals surface area contributed by atoms with Gasteiger partial charge in [0, 0.05) is 27.8 Å². The van der Waals surface area contributed by atoms with Gasteiger partial charge in [-0.3, -0.25) is 16.2 Å². The van der Waals surface area contributed by atoms with Gasteiger partial charge in [-0.2, -0.15) is 0 Å². The maximum Gasteiger partial charge on any atom is 0.0437 e. The molecule has 1 aliphatic heterocycles. The molecule has 0 saturated carbocycles. The van der Waals surface area contributed by atoms with E-state index in [1.807, 2.05) is 11.3 Å². The van der Waals surface area contributed by atoms with Crippen LogP contribution in [0.5, 0.6) is 0 Å². The van der Waals surface area contributed by atoms with Crippen LogP contribution in [0.3, 0.4) is 0 Å². The van der Waals surface area contributed by atoms with Crippen molar-refractivity contribution in [3.8, 4) is 0 Å². The van der Waals surface area contributed by atoms with E-state index in [1.165, 1.54) is 35.7 Å². The van der Waals surface area contributed by atoms with Crippen LogP contribution in [0.4, 0.5) is 0 Å². The number of thiophene rings is 1. The van der Waals surface area contributed by atoms with Crippen molar-refractivity contribution in [2.45, 2.75) is 58.0 Å². The van der Waals surface area contributed by atoms with E-state index in [9.17, 15) is 0 Å². The quantitative estimate of drug-likeness (QED) is 0.622. The minimum Gasteiger partial charge on any atom is -0.297 e. The van der Waals surface area contributed by atoms with E-state index in [4.69, 9.17) is 5.84 Å². The topological polar surface area (TPSA) is 41.3 Å². The van der Waals surface area contributed by atoms with Gasteiger partial charge in [-0.15, -0.1) is 11.3 Å². The number of likely N-dealkylation sites (tertiary alicyclic amines) is 1. The van der Waals surface area contributed by atoms with Gasteiger partial charge in [0.25, 0.3) is 0 Å². The molecular formula is C15H27N3S. The molecule has 1 aromatic heterocycles. The van der Waals surface area contributed by atoms with Gasteiger partial charge in [-0.05, 0) is 58.3 Å². The number of rotatable bonds is 6. The molecule has 1 unspecified atom stereocenters. The van der Waals surface area contributed by atoms with Crippen LogP contribution < -0.4 is 11.3 Å². The van der Waals surface area contributed by atoms with Gasteiger partial charge in [-0.1, -0.05) is 6.92 Å². The van der Waals surface area contributed by atoms with E-state index in [-0.39, 0.29) is 5.54 Å². The van der Waals surface area contributed by atoms with Crippen LogP contribution in [0.2, 0.25) is 0 Å².